The molecule has 1 aromatic heterocycles. The van der Waals surface area contributed by atoms with Crippen LogP contribution in [0.2, 0.25) is 0 Å². The Labute approximate surface area is 122 Å². The van der Waals surface area contributed by atoms with Crippen molar-refractivity contribution in [3.63, 3.8) is 0 Å². The van der Waals surface area contributed by atoms with Gasteiger partial charge in [-0.15, -0.1) is 5.10 Å². The van der Waals surface area contributed by atoms with Gasteiger partial charge in [-0.3, -0.25) is 19.3 Å². The summed E-state index contributed by atoms with van der Waals surface area (Å²) < 4.78 is 0. The Kier molecular flexibility index (Phi) is 4.56. The molecule has 1 unspecified atom stereocenters. The number of ketones is 2. The summed E-state index contributed by atoms with van der Waals surface area (Å²) in [6, 6.07) is -0.262. The van der Waals surface area contributed by atoms with Gasteiger partial charge in [0.25, 0.3) is 0 Å². The van der Waals surface area contributed by atoms with Gasteiger partial charge in [0.2, 0.25) is 17.4 Å². The number of nitrogens with one attached hydrogen (secondary N) is 1. The third-order valence-electron chi connectivity index (χ3n) is 4.04. The van der Waals surface area contributed by atoms with Crippen LogP contribution in [0.3, 0.4) is 0 Å². The smallest absolute Gasteiger partial charge is 0.218 e. The Morgan fingerprint density at radius 1 is 1.48 bits per heavy atom. The molecule has 114 valence electrons. The third kappa shape index (κ3) is 3.38. The minimum absolute atomic E-state index is 0.128. The van der Waals surface area contributed by atoms with Gasteiger partial charge in [-0.2, -0.15) is 0 Å². The number of aromatic amines is 1. The predicted molar refractivity (Wildman–Crippen MR) is 72.6 cm³/mol. The second-order valence-electron chi connectivity index (χ2n) is 5.92. The van der Waals surface area contributed by atoms with Gasteiger partial charge in [-0.1, -0.05) is 13.8 Å². The molecule has 0 amide bonds. The third-order valence-corrected chi connectivity index (χ3v) is 4.04. The van der Waals surface area contributed by atoms with E-state index in [1.54, 1.807) is 13.8 Å². The van der Waals surface area contributed by atoms with E-state index in [1.165, 1.54) is 0 Å². The summed E-state index contributed by atoms with van der Waals surface area (Å²) in [5.41, 5.74) is -0.703. The van der Waals surface area contributed by atoms with Gasteiger partial charge in [-0.05, 0) is 42.8 Å². The highest BCUT2D eigenvalue weighted by Gasteiger charge is 2.35. The number of Topliss-reactive ketones (excluding diaryl/α,β-unsaturated/α-hetero) is 2. The summed E-state index contributed by atoms with van der Waals surface area (Å²) in [5, 5.41) is 13.0. The Hall–Kier alpha value is -1.96. The van der Waals surface area contributed by atoms with Crippen molar-refractivity contribution in [1.29, 1.82) is 0 Å². The summed E-state index contributed by atoms with van der Waals surface area (Å²) in [6.45, 7) is 4.88. The average molecular weight is 293 g/mol. The minimum Gasteiger partial charge on any atom is -0.295 e. The first-order chi connectivity index (χ1) is 9.95. The number of hydrogen-bond donors (Lipinski definition) is 1. The Morgan fingerprint density at radius 3 is 2.86 bits per heavy atom. The molecule has 2 heterocycles. The minimum atomic E-state index is -0.703. The normalized spacial score (nSPS) is 19.6. The van der Waals surface area contributed by atoms with Gasteiger partial charge in [-0.25, -0.2) is 5.10 Å². The van der Waals surface area contributed by atoms with Gasteiger partial charge < -0.3 is 0 Å². The van der Waals surface area contributed by atoms with Crippen LogP contribution in [0.15, 0.2) is 0 Å². The number of carbonyl (C=O) groups is 3. The summed E-state index contributed by atoms with van der Waals surface area (Å²) in [6.07, 6.45) is 2.57. The van der Waals surface area contributed by atoms with Gasteiger partial charge >= 0.3 is 0 Å². The summed E-state index contributed by atoms with van der Waals surface area (Å²) in [5.74, 6) is -0.379. The predicted octanol–water partition coefficient (Wildman–Crippen LogP) is 0.0311. The molecule has 1 atom stereocenters. The maximum atomic E-state index is 12.3. The zero-order valence-electron chi connectivity index (χ0n) is 12.2. The Bertz CT molecular complexity index is 526. The molecule has 0 aliphatic carbocycles. The SMILES string of the molecule is CC(C)(CCN1CCCC1C(=O)c1nnn[nH]1)C(=O)C=O. The van der Waals surface area contributed by atoms with E-state index in [9.17, 15) is 14.4 Å². The van der Waals surface area contributed by atoms with Crippen LogP contribution in [0, 0.1) is 5.41 Å². The molecule has 1 aromatic rings. The molecule has 8 nitrogen and oxygen atoms in total. The van der Waals surface area contributed by atoms with Gasteiger partial charge in [0.1, 0.15) is 0 Å². The molecule has 1 aliphatic heterocycles. The van der Waals surface area contributed by atoms with Crippen molar-refractivity contribution >= 4 is 17.9 Å². The Morgan fingerprint density at radius 2 is 2.24 bits per heavy atom. The molecule has 0 spiro atoms. The van der Waals surface area contributed by atoms with Crippen LogP contribution in [0.4, 0.5) is 0 Å². The van der Waals surface area contributed by atoms with Crippen molar-refractivity contribution < 1.29 is 14.4 Å². The number of tetrazole rings is 1. The molecule has 0 radical (unpaired) electrons. The lowest BCUT2D eigenvalue weighted by molar-refractivity contribution is -0.136. The number of aromatic nitrogens is 4. The van der Waals surface area contributed by atoms with Gasteiger partial charge in [0, 0.05) is 5.41 Å². The fourth-order valence-corrected chi connectivity index (χ4v) is 2.52. The van der Waals surface area contributed by atoms with Crippen LogP contribution in [-0.2, 0) is 9.59 Å². The van der Waals surface area contributed by atoms with Crippen molar-refractivity contribution in [3.05, 3.63) is 5.82 Å². The van der Waals surface area contributed by atoms with Crippen LogP contribution in [0.1, 0.15) is 43.7 Å². The van der Waals surface area contributed by atoms with E-state index < -0.39 is 11.2 Å². The molecule has 0 saturated carbocycles. The lowest BCUT2D eigenvalue weighted by Crippen LogP contribution is -2.39. The first-order valence-corrected chi connectivity index (χ1v) is 6.97. The second kappa shape index (κ2) is 6.21. The zero-order valence-corrected chi connectivity index (χ0v) is 12.2. The number of aldehydes is 1. The van der Waals surface area contributed by atoms with Crippen molar-refractivity contribution in [2.75, 3.05) is 13.1 Å². The van der Waals surface area contributed by atoms with Crippen molar-refractivity contribution in [2.24, 2.45) is 5.41 Å². The highest BCUT2D eigenvalue weighted by atomic mass is 16.2. The fourth-order valence-electron chi connectivity index (χ4n) is 2.52. The van der Waals surface area contributed by atoms with E-state index >= 15 is 0 Å². The van der Waals surface area contributed by atoms with Crippen molar-refractivity contribution in [2.45, 2.75) is 39.2 Å². The highest BCUT2D eigenvalue weighted by molar-refractivity contribution is 6.27. The molecule has 1 fully saturated rings. The molecule has 0 aromatic carbocycles. The molecule has 1 N–H and O–H groups in total. The molecule has 21 heavy (non-hydrogen) atoms. The molecule has 8 heteroatoms. The van der Waals surface area contributed by atoms with Crippen LogP contribution in [-0.4, -0.2) is 62.5 Å². The molecular weight excluding hydrogens is 274 g/mol. The monoisotopic (exact) mass is 293 g/mol. The number of hydrogen-bond acceptors (Lipinski definition) is 7. The first kappa shape index (κ1) is 15.4. The maximum absolute atomic E-state index is 12.3. The average Bonchev–Trinajstić information content (AvgIpc) is 3.14. The standard InChI is InChI=1S/C13H19N5O3/c1-13(2,10(20)8-19)5-7-18-6-3-4-9(18)11(21)12-14-16-17-15-12/h8-9H,3-7H2,1-2H3,(H,14,15,16,17). The molecule has 1 aliphatic rings. The van der Waals surface area contributed by atoms with Crippen LogP contribution in [0.5, 0.6) is 0 Å². The lowest BCUT2D eigenvalue weighted by atomic mass is 9.85. The van der Waals surface area contributed by atoms with Crippen molar-refractivity contribution in [3.8, 4) is 0 Å². The van der Waals surface area contributed by atoms with Crippen molar-refractivity contribution in [1.82, 2.24) is 25.5 Å². The number of nitrogens with zero attached hydrogens (tertiary/aromatic N) is 4. The van der Waals surface area contributed by atoms with E-state index in [-0.39, 0.29) is 17.6 Å². The van der Waals surface area contributed by atoms with E-state index in [1.807, 2.05) is 4.90 Å². The molecule has 1 saturated heterocycles. The quantitative estimate of drug-likeness (QED) is 0.429. The first-order valence-electron chi connectivity index (χ1n) is 6.97. The topological polar surface area (TPSA) is 109 Å². The van der Waals surface area contributed by atoms with E-state index in [4.69, 9.17) is 0 Å². The van der Waals surface area contributed by atoms with Crippen LogP contribution >= 0.6 is 0 Å². The molecule has 0 bridgehead atoms. The van der Waals surface area contributed by atoms with Gasteiger partial charge in [0.15, 0.2) is 6.29 Å². The fraction of sp³-hybridized carbons (Fsp3) is 0.692. The number of H-pyrrole nitrogens is 1. The number of likely N-dealkylation sites (tertiary alicyclic amines) is 1. The lowest BCUT2D eigenvalue weighted by Gasteiger charge is -2.27. The summed E-state index contributed by atoms with van der Waals surface area (Å²) in [4.78, 5) is 36.5. The van der Waals surface area contributed by atoms with Crippen LogP contribution < -0.4 is 0 Å². The number of carbonyl (C=O) groups excluding carboxylic acids is 3. The Balaban J connectivity index is 1.98. The van der Waals surface area contributed by atoms with Gasteiger partial charge in [0.05, 0.1) is 6.04 Å². The van der Waals surface area contributed by atoms with Crippen LogP contribution in [0.25, 0.3) is 0 Å². The summed E-state index contributed by atoms with van der Waals surface area (Å²) in [7, 11) is 0. The number of rotatable bonds is 7. The molecular formula is C13H19N5O3. The maximum Gasteiger partial charge on any atom is 0.218 e. The van der Waals surface area contributed by atoms with E-state index in [0.29, 0.717) is 19.3 Å². The zero-order chi connectivity index (χ0) is 15.5. The van der Waals surface area contributed by atoms with E-state index in [0.717, 1.165) is 19.4 Å². The summed E-state index contributed by atoms with van der Waals surface area (Å²) >= 11 is 0. The second-order valence-corrected chi connectivity index (χ2v) is 5.92. The molecule has 2 rings (SSSR count). The highest BCUT2D eigenvalue weighted by Crippen LogP contribution is 2.25. The van der Waals surface area contributed by atoms with E-state index in [2.05, 4.69) is 20.6 Å². The largest absolute Gasteiger partial charge is 0.295 e.